The Bertz CT molecular complexity index is 672. The van der Waals surface area contributed by atoms with Gasteiger partial charge in [-0.2, -0.15) is 4.98 Å². The first-order valence-corrected chi connectivity index (χ1v) is 8.94. The van der Waals surface area contributed by atoms with Crippen molar-refractivity contribution in [2.75, 3.05) is 20.3 Å². The number of aromatic nitrogens is 2. The van der Waals surface area contributed by atoms with Crippen LogP contribution in [0.15, 0.2) is 34.9 Å². The Morgan fingerprint density at radius 3 is 2.96 bits per heavy atom. The van der Waals surface area contributed by atoms with Crippen molar-refractivity contribution in [1.82, 2.24) is 15.0 Å². The van der Waals surface area contributed by atoms with Gasteiger partial charge in [-0.25, -0.2) is 0 Å². The van der Waals surface area contributed by atoms with Crippen LogP contribution in [-0.4, -0.2) is 35.3 Å². The smallest absolute Gasteiger partial charge is 0.240 e. The molecule has 1 aromatic heterocycles. The summed E-state index contributed by atoms with van der Waals surface area (Å²) in [6.45, 7) is 2.49. The van der Waals surface area contributed by atoms with Crippen molar-refractivity contribution in [2.45, 2.75) is 44.2 Å². The van der Waals surface area contributed by atoms with Crippen molar-refractivity contribution in [1.29, 1.82) is 0 Å². The zero-order chi connectivity index (χ0) is 16.4. The number of likely N-dealkylation sites (tertiary alicyclic amines) is 1. The minimum atomic E-state index is 0.167. The number of rotatable bonds is 6. The summed E-state index contributed by atoms with van der Waals surface area (Å²) in [6.07, 6.45) is 5.91. The van der Waals surface area contributed by atoms with Gasteiger partial charge in [-0.15, -0.1) is 0 Å². The molecule has 1 aliphatic heterocycles. The normalized spacial score (nSPS) is 26.8. The Hall–Kier alpha value is -1.72. The quantitative estimate of drug-likeness (QED) is 0.816. The molecule has 5 nitrogen and oxygen atoms in total. The molecule has 0 radical (unpaired) electrons. The van der Waals surface area contributed by atoms with Gasteiger partial charge in [0.2, 0.25) is 5.89 Å². The third-order valence-corrected chi connectivity index (χ3v) is 5.68. The van der Waals surface area contributed by atoms with Gasteiger partial charge in [0.25, 0.3) is 0 Å². The van der Waals surface area contributed by atoms with Crippen LogP contribution in [-0.2, 0) is 23.2 Å². The van der Waals surface area contributed by atoms with Crippen LogP contribution in [0.2, 0.25) is 0 Å². The summed E-state index contributed by atoms with van der Waals surface area (Å²) < 4.78 is 10.6. The Balaban J connectivity index is 1.53. The van der Waals surface area contributed by atoms with Crippen LogP contribution in [0, 0.1) is 5.92 Å². The lowest BCUT2D eigenvalue weighted by Crippen LogP contribution is -2.65. The van der Waals surface area contributed by atoms with Crippen LogP contribution >= 0.6 is 0 Å². The molecule has 5 heteroatoms. The molecule has 2 aromatic rings. The molecule has 128 valence electrons. The van der Waals surface area contributed by atoms with Crippen molar-refractivity contribution in [3.63, 3.8) is 0 Å². The van der Waals surface area contributed by atoms with Crippen molar-refractivity contribution in [3.8, 4) is 0 Å². The highest BCUT2D eigenvalue weighted by atomic mass is 16.5. The molecule has 2 fully saturated rings. The maximum absolute atomic E-state index is 5.47. The molecule has 0 unspecified atom stereocenters. The summed E-state index contributed by atoms with van der Waals surface area (Å²) in [5.74, 6) is 2.21. The maximum atomic E-state index is 5.47. The first-order valence-electron chi connectivity index (χ1n) is 8.94. The van der Waals surface area contributed by atoms with E-state index in [0.717, 1.165) is 30.7 Å². The zero-order valence-corrected chi connectivity index (χ0v) is 14.3. The first kappa shape index (κ1) is 15.8. The van der Waals surface area contributed by atoms with Gasteiger partial charge >= 0.3 is 0 Å². The molecule has 0 bridgehead atoms. The van der Waals surface area contributed by atoms with Gasteiger partial charge < -0.3 is 9.26 Å². The van der Waals surface area contributed by atoms with E-state index in [0.29, 0.717) is 13.0 Å². The second-order valence-corrected chi connectivity index (χ2v) is 6.96. The van der Waals surface area contributed by atoms with Crippen LogP contribution in [0.4, 0.5) is 0 Å². The molecule has 24 heavy (non-hydrogen) atoms. The fraction of sp³-hybridized carbons (Fsp3) is 0.579. The van der Waals surface area contributed by atoms with Crippen LogP contribution < -0.4 is 0 Å². The highest BCUT2D eigenvalue weighted by Crippen LogP contribution is 2.54. The molecule has 0 amide bonds. The summed E-state index contributed by atoms with van der Waals surface area (Å²) in [5.41, 5.74) is 1.61. The van der Waals surface area contributed by atoms with Gasteiger partial charge in [0.15, 0.2) is 5.82 Å². The molecule has 2 aliphatic rings. The highest BCUT2D eigenvalue weighted by molar-refractivity contribution is 5.30. The summed E-state index contributed by atoms with van der Waals surface area (Å²) >= 11 is 0. The lowest BCUT2D eigenvalue weighted by Gasteiger charge is -2.61. The minimum Gasteiger partial charge on any atom is -0.384 e. The lowest BCUT2D eigenvalue weighted by atomic mass is 9.62. The lowest BCUT2D eigenvalue weighted by molar-refractivity contribution is -0.125. The van der Waals surface area contributed by atoms with Gasteiger partial charge in [-0.1, -0.05) is 48.3 Å². The predicted molar refractivity (Wildman–Crippen MR) is 90.4 cm³/mol. The topological polar surface area (TPSA) is 51.4 Å². The predicted octanol–water partition coefficient (Wildman–Crippen LogP) is 3.16. The molecule has 2 atom stereocenters. The van der Waals surface area contributed by atoms with E-state index in [-0.39, 0.29) is 5.54 Å². The summed E-state index contributed by atoms with van der Waals surface area (Å²) in [6, 6.07) is 11.0. The number of hydrogen-bond acceptors (Lipinski definition) is 5. The third-order valence-electron chi connectivity index (χ3n) is 5.68. The summed E-state index contributed by atoms with van der Waals surface area (Å²) in [7, 11) is 1.69. The van der Waals surface area contributed by atoms with Crippen LogP contribution in [0.3, 0.4) is 0 Å². The van der Waals surface area contributed by atoms with E-state index >= 15 is 0 Å². The molecule has 0 spiro atoms. The van der Waals surface area contributed by atoms with Crippen molar-refractivity contribution in [3.05, 3.63) is 47.6 Å². The van der Waals surface area contributed by atoms with Crippen LogP contribution in [0.5, 0.6) is 0 Å². The Labute approximate surface area is 143 Å². The monoisotopic (exact) mass is 327 g/mol. The third kappa shape index (κ3) is 2.66. The number of ether oxygens (including phenoxy) is 1. The average Bonchev–Trinajstić information content (AvgIpc) is 3.06. The standard InChI is InChI=1S/C19H25N3O2/c1-23-12-10-17-20-18(24-21-17)14-22-13-16-9-5-6-11-19(16,22)15-7-3-2-4-8-15/h2-4,7-8,16H,5-6,9-14H2,1H3/t16-,19-/m1/s1. The molecule has 1 saturated carbocycles. The number of fused-ring (bicyclic) bond motifs is 1. The number of methoxy groups -OCH3 is 1. The SMILES string of the molecule is COCCc1noc(CN2C[C@H]3CCCC[C@@]32c2ccccc2)n1. The van der Waals surface area contributed by atoms with Gasteiger partial charge in [-0.3, -0.25) is 4.90 Å². The van der Waals surface area contributed by atoms with E-state index in [4.69, 9.17) is 9.26 Å². The summed E-state index contributed by atoms with van der Waals surface area (Å²) in [5, 5.41) is 4.07. The van der Waals surface area contributed by atoms with E-state index in [9.17, 15) is 0 Å². The second kappa shape index (κ2) is 6.65. The van der Waals surface area contributed by atoms with Crippen LogP contribution in [0.1, 0.15) is 43.0 Å². The van der Waals surface area contributed by atoms with Gasteiger partial charge in [0.05, 0.1) is 18.7 Å². The number of benzene rings is 1. The van der Waals surface area contributed by atoms with Crippen molar-refractivity contribution >= 4 is 0 Å². The Morgan fingerprint density at radius 2 is 2.17 bits per heavy atom. The molecule has 1 saturated heterocycles. The molecular weight excluding hydrogens is 302 g/mol. The fourth-order valence-corrected chi connectivity index (χ4v) is 4.51. The highest BCUT2D eigenvalue weighted by Gasteiger charge is 2.55. The van der Waals surface area contributed by atoms with Crippen molar-refractivity contribution < 1.29 is 9.26 Å². The number of nitrogens with zero attached hydrogens (tertiary/aromatic N) is 3. The second-order valence-electron chi connectivity index (χ2n) is 6.96. The Kier molecular flexibility index (Phi) is 4.37. The Morgan fingerprint density at radius 1 is 1.29 bits per heavy atom. The van der Waals surface area contributed by atoms with E-state index < -0.39 is 0 Å². The zero-order valence-electron chi connectivity index (χ0n) is 14.3. The molecular formula is C19H25N3O2. The van der Waals surface area contributed by atoms with E-state index in [2.05, 4.69) is 45.4 Å². The van der Waals surface area contributed by atoms with E-state index in [1.807, 2.05) is 0 Å². The van der Waals surface area contributed by atoms with Crippen LogP contribution in [0.25, 0.3) is 0 Å². The van der Waals surface area contributed by atoms with E-state index in [1.54, 1.807) is 7.11 Å². The molecule has 0 N–H and O–H groups in total. The first-order chi connectivity index (χ1) is 11.8. The maximum Gasteiger partial charge on any atom is 0.240 e. The fourth-order valence-electron chi connectivity index (χ4n) is 4.51. The minimum absolute atomic E-state index is 0.167. The molecule has 1 aromatic carbocycles. The van der Waals surface area contributed by atoms with Crippen molar-refractivity contribution in [2.24, 2.45) is 5.92 Å². The largest absolute Gasteiger partial charge is 0.384 e. The van der Waals surface area contributed by atoms with E-state index in [1.165, 1.54) is 31.2 Å². The van der Waals surface area contributed by atoms with Gasteiger partial charge in [-0.05, 0) is 24.3 Å². The van der Waals surface area contributed by atoms with Gasteiger partial charge in [0.1, 0.15) is 0 Å². The average molecular weight is 327 g/mol. The molecule has 1 aliphatic carbocycles. The molecule has 2 heterocycles. The summed E-state index contributed by atoms with van der Waals surface area (Å²) in [4.78, 5) is 7.07. The van der Waals surface area contributed by atoms with Gasteiger partial charge in [0, 0.05) is 20.1 Å². The molecule has 4 rings (SSSR count). The number of hydrogen-bond donors (Lipinski definition) is 0.